The molecule has 0 amide bonds. The van der Waals surface area contributed by atoms with Gasteiger partial charge in [0.2, 0.25) is 0 Å². The van der Waals surface area contributed by atoms with Gasteiger partial charge < -0.3 is 10.0 Å². The largest absolute Gasteiger partial charge is 0.395 e. The Kier molecular flexibility index (Phi) is 5.10. The summed E-state index contributed by atoms with van der Waals surface area (Å²) in [6, 6.07) is 12.2. The lowest BCUT2D eigenvalue weighted by atomic mass is 10.1. The van der Waals surface area contributed by atoms with E-state index in [4.69, 9.17) is 5.11 Å². The molecule has 2 heterocycles. The Morgan fingerprint density at radius 2 is 1.78 bits per heavy atom. The molecule has 4 nitrogen and oxygen atoms in total. The Morgan fingerprint density at radius 3 is 2.39 bits per heavy atom. The zero-order chi connectivity index (χ0) is 16.2. The van der Waals surface area contributed by atoms with E-state index in [1.165, 1.54) is 9.88 Å². The average Bonchev–Trinajstić information content (AvgIpc) is 3.06. The number of nitrogens with zero attached hydrogens (tertiary/aromatic N) is 2. The van der Waals surface area contributed by atoms with E-state index in [1.807, 2.05) is 24.3 Å². The van der Waals surface area contributed by atoms with E-state index in [0.717, 1.165) is 43.9 Å². The van der Waals surface area contributed by atoms with Crippen molar-refractivity contribution in [1.29, 1.82) is 0 Å². The van der Waals surface area contributed by atoms with Crippen molar-refractivity contribution in [2.75, 3.05) is 44.2 Å². The number of rotatable bonds is 5. The second kappa shape index (κ2) is 7.25. The number of carbonyl (C=O) groups excluding carboxylic acids is 1. The third kappa shape index (κ3) is 3.80. The van der Waals surface area contributed by atoms with Crippen LogP contribution in [0.3, 0.4) is 0 Å². The van der Waals surface area contributed by atoms with Gasteiger partial charge in [0.05, 0.1) is 11.6 Å². The molecule has 1 aromatic heterocycles. The van der Waals surface area contributed by atoms with Gasteiger partial charge in [-0.15, -0.1) is 11.3 Å². The molecule has 23 heavy (non-hydrogen) atoms. The topological polar surface area (TPSA) is 43.8 Å². The molecule has 0 bridgehead atoms. The van der Waals surface area contributed by atoms with Crippen LogP contribution in [0.1, 0.15) is 17.3 Å². The first kappa shape index (κ1) is 16.2. The van der Waals surface area contributed by atoms with Crippen molar-refractivity contribution >= 4 is 22.1 Å². The molecule has 5 heteroatoms. The summed E-state index contributed by atoms with van der Waals surface area (Å²) < 4.78 is 0. The van der Waals surface area contributed by atoms with E-state index in [0.29, 0.717) is 0 Å². The molecule has 0 atom stereocenters. The fourth-order valence-corrected chi connectivity index (χ4v) is 3.92. The summed E-state index contributed by atoms with van der Waals surface area (Å²) in [5.74, 6) is 0.101. The molecule has 1 N–H and O–H groups in total. The number of piperazine rings is 1. The van der Waals surface area contributed by atoms with Crippen LogP contribution in [-0.4, -0.2) is 55.1 Å². The highest BCUT2D eigenvalue weighted by molar-refractivity contribution is 7.19. The second-order valence-electron chi connectivity index (χ2n) is 5.82. The molecule has 0 saturated carbocycles. The summed E-state index contributed by atoms with van der Waals surface area (Å²) in [6.07, 6.45) is 0. The Labute approximate surface area is 141 Å². The molecular formula is C18H22N2O2S. The number of anilines is 1. The average molecular weight is 330 g/mol. The van der Waals surface area contributed by atoms with Gasteiger partial charge in [-0.05, 0) is 24.6 Å². The number of hydrogen-bond acceptors (Lipinski definition) is 5. The highest BCUT2D eigenvalue weighted by atomic mass is 32.1. The van der Waals surface area contributed by atoms with Gasteiger partial charge in [-0.1, -0.05) is 24.3 Å². The van der Waals surface area contributed by atoms with Gasteiger partial charge in [-0.3, -0.25) is 9.69 Å². The predicted molar refractivity (Wildman–Crippen MR) is 95.5 cm³/mol. The number of thiophene rings is 1. The maximum absolute atomic E-state index is 11.4. The highest BCUT2D eigenvalue weighted by Gasteiger charge is 2.18. The van der Waals surface area contributed by atoms with Gasteiger partial charge in [0, 0.05) is 43.2 Å². The van der Waals surface area contributed by atoms with Gasteiger partial charge in [-0.25, -0.2) is 0 Å². The first-order valence-corrected chi connectivity index (χ1v) is 8.78. The van der Waals surface area contributed by atoms with Crippen molar-refractivity contribution < 1.29 is 9.90 Å². The van der Waals surface area contributed by atoms with Crippen molar-refractivity contribution in [2.24, 2.45) is 0 Å². The van der Waals surface area contributed by atoms with Crippen molar-refractivity contribution in [3.63, 3.8) is 0 Å². The van der Waals surface area contributed by atoms with E-state index < -0.39 is 0 Å². The van der Waals surface area contributed by atoms with Crippen LogP contribution < -0.4 is 4.90 Å². The Morgan fingerprint density at radius 1 is 1.09 bits per heavy atom. The molecule has 1 aliphatic rings. The lowest BCUT2D eigenvalue weighted by Crippen LogP contribution is -2.46. The van der Waals surface area contributed by atoms with Crippen molar-refractivity contribution in [3.05, 3.63) is 42.0 Å². The monoisotopic (exact) mass is 330 g/mol. The molecule has 0 aliphatic carbocycles. The van der Waals surface area contributed by atoms with Gasteiger partial charge in [0.1, 0.15) is 0 Å². The summed E-state index contributed by atoms with van der Waals surface area (Å²) in [4.78, 5) is 17.3. The molecule has 0 radical (unpaired) electrons. The molecule has 1 fully saturated rings. The third-order valence-electron chi connectivity index (χ3n) is 4.27. The zero-order valence-electron chi connectivity index (χ0n) is 13.4. The van der Waals surface area contributed by atoms with Crippen LogP contribution in [0.15, 0.2) is 36.4 Å². The van der Waals surface area contributed by atoms with E-state index >= 15 is 0 Å². The number of carbonyl (C=O) groups is 1. The molecule has 1 saturated heterocycles. The number of aliphatic hydroxyl groups excluding tert-OH is 1. The van der Waals surface area contributed by atoms with E-state index in [9.17, 15) is 4.79 Å². The molecule has 0 unspecified atom stereocenters. The lowest BCUT2D eigenvalue weighted by Gasteiger charge is -2.34. The number of ketones is 1. The first-order valence-electron chi connectivity index (χ1n) is 7.97. The summed E-state index contributed by atoms with van der Waals surface area (Å²) in [5.41, 5.74) is 1.91. The second-order valence-corrected chi connectivity index (χ2v) is 6.89. The SMILES string of the molecule is CC(=O)c1ccc(-c2ccc(N3CCN(CCO)CC3)s2)cc1. The van der Waals surface area contributed by atoms with Crippen molar-refractivity contribution in [2.45, 2.75) is 6.92 Å². The van der Waals surface area contributed by atoms with Crippen molar-refractivity contribution in [3.8, 4) is 10.4 Å². The van der Waals surface area contributed by atoms with Gasteiger partial charge in [0.15, 0.2) is 5.78 Å². The summed E-state index contributed by atoms with van der Waals surface area (Å²) in [7, 11) is 0. The fourth-order valence-electron chi connectivity index (χ4n) is 2.86. The molecule has 0 spiro atoms. The molecule has 1 aromatic carbocycles. The van der Waals surface area contributed by atoms with Crippen molar-refractivity contribution in [1.82, 2.24) is 4.90 Å². The summed E-state index contributed by atoms with van der Waals surface area (Å²) in [5, 5.41) is 10.3. The minimum Gasteiger partial charge on any atom is -0.395 e. The number of aliphatic hydroxyl groups is 1. The van der Waals surface area contributed by atoms with Crippen LogP contribution in [-0.2, 0) is 0 Å². The van der Waals surface area contributed by atoms with Gasteiger partial charge in [-0.2, -0.15) is 0 Å². The number of hydrogen-bond donors (Lipinski definition) is 1. The summed E-state index contributed by atoms with van der Waals surface area (Å²) >= 11 is 1.79. The number of β-amino-alcohol motifs (C(OH)–C–C–N with tert-alkyl or cyclic N) is 1. The minimum absolute atomic E-state index is 0.101. The van der Waals surface area contributed by atoms with Crippen LogP contribution in [0.4, 0.5) is 5.00 Å². The van der Waals surface area contributed by atoms with Crippen LogP contribution in [0, 0.1) is 0 Å². The molecule has 1 aliphatic heterocycles. The van der Waals surface area contributed by atoms with Crippen LogP contribution >= 0.6 is 11.3 Å². The molecule has 3 rings (SSSR count). The highest BCUT2D eigenvalue weighted by Crippen LogP contribution is 2.34. The first-order chi connectivity index (χ1) is 11.2. The van der Waals surface area contributed by atoms with Gasteiger partial charge in [0.25, 0.3) is 0 Å². The normalized spacial score (nSPS) is 15.8. The smallest absolute Gasteiger partial charge is 0.159 e. The third-order valence-corrected chi connectivity index (χ3v) is 5.46. The minimum atomic E-state index is 0.101. The Bertz CT molecular complexity index is 658. The maximum atomic E-state index is 11.4. The fraction of sp³-hybridized carbons (Fsp3) is 0.389. The van der Waals surface area contributed by atoms with Crippen LogP contribution in [0.5, 0.6) is 0 Å². The van der Waals surface area contributed by atoms with Crippen LogP contribution in [0.2, 0.25) is 0 Å². The summed E-state index contributed by atoms with van der Waals surface area (Å²) in [6.45, 7) is 6.61. The van der Waals surface area contributed by atoms with E-state index in [-0.39, 0.29) is 12.4 Å². The molecule has 122 valence electrons. The van der Waals surface area contributed by atoms with Crippen LogP contribution in [0.25, 0.3) is 10.4 Å². The maximum Gasteiger partial charge on any atom is 0.159 e. The number of Topliss-reactive ketones (excluding diaryl/α,β-unsaturated/α-hetero) is 1. The van der Waals surface area contributed by atoms with E-state index in [2.05, 4.69) is 21.9 Å². The Balaban J connectivity index is 1.67. The zero-order valence-corrected chi connectivity index (χ0v) is 14.2. The molecular weight excluding hydrogens is 308 g/mol. The standard InChI is InChI=1S/C18H22N2O2S/c1-14(22)15-2-4-16(5-3-15)17-6-7-18(23-17)20-10-8-19(9-11-20)12-13-21/h2-7,21H,8-13H2,1H3. The predicted octanol–water partition coefficient (Wildman–Crippen LogP) is 2.73. The van der Waals surface area contributed by atoms with E-state index in [1.54, 1.807) is 18.3 Å². The quantitative estimate of drug-likeness (QED) is 0.856. The number of benzene rings is 1. The lowest BCUT2D eigenvalue weighted by molar-refractivity contribution is 0.101. The molecule has 2 aromatic rings. The van der Waals surface area contributed by atoms with Gasteiger partial charge >= 0.3 is 0 Å². The Hall–Kier alpha value is -1.69.